The lowest BCUT2D eigenvalue weighted by atomic mass is 9.84. The third-order valence-corrected chi connectivity index (χ3v) is 1.85. The molecule has 0 saturated carbocycles. The zero-order valence-corrected chi connectivity index (χ0v) is 6.40. The van der Waals surface area contributed by atoms with Gasteiger partial charge in [-0.25, -0.2) is 8.78 Å². The molecule has 0 radical (unpaired) electrons. The molecule has 0 heterocycles. The summed E-state index contributed by atoms with van der Waals surface area (Å²) in [4.78, 5) is 10.3. The quantitative estimate of drug-likeness (QED) is 0.650. The van der Waals surface area contributed by atoms with E-state index in [0.717, 1.165) is 6.92 Å². The zero-order chi connectivity index (χ0) is 9.28. The van der Waals surface area contributed by atoms with Crippen LogP contribution in [0.3, 0.4) is 0 Å². The lowest BCUT2D eigenvalue weighted by Gasteiger charge is -2.29. The molecule has 0 rings (SSSR count). The first-order valence-corrected chi connectivity index (χ1v) is 3.07. The summed E-state index contributed by atoms with van der Waals surface area (Å²) >= 11 is 0. The minimum Gasteiger partial charge on any atom is -0.481 e. The Balaban J connectivity index is 4.75. The molecular formula is C6H11F2NO2. The maximum absolute atomic E-state index is 12.6. The molecule has 3 nitrogen and oxygen atoms in total. The summed E-state index contributed by atoms with van der Waals surface area (Å²) < 4.78 is 25.1. The van der Waals surface area contributed by atoms with Crippen molar-refractivity contribution in [3.63, 3.8) is 0 Å². The molecule has 0 saturated heterocycles. The number of halogens is 2. The molecule has 0 spiro atoms. The van der Waals surface area contributed by atoms with Gasteiger partial charge in [-0.3, -0.25) is 4.79 Å². The summed E-state index contributed by atoms with van der Waals surface area (Å²) in [6.07, 6.45) is 0. The second kappa shape index (κ2) is 2.73. The van der Waals surface area contributed by atoms with Gasteiger partial charge in [0.15, 0.2) is 0 Å². The Morgan fingerprint density at radius 2 is 1.91 bits per heavy atom. The van der Waals surface area contributed by atoms with Gasteiger partial charge in [-0.15, -0.1) is 0 Å². The van der Waals surface area contributed by atoms with E-state index in [1.807, 2.05) is 0 Å². The molecule has 0 aromatic rings. The van der Waals surface area contributed by atoms with Crippen LogP contribution in [0.5, 0.6) is 0 Å². The summed E-state index contributed by atoms with van der Waals surface area (Å²) in [5.41, 5.74) is 2.77. The van der Waals surface area contributed by atoms with Crippen LogP contribution >= 0.6 is 0 Å². The largest absolute Gasteiger partial charge is 0.481 e. The number of carboxylic acid groups (broad SMARTS) is 1. The van der Waals surface area contributed by atoms with E-state index < -0.39 is 23.9 Å². The minimum atomic E-state index is -3.30. The van der Waals surface area contributed by atoms with Crippen LogP contribution < -0.4 is 5.73 Å². The molecule has 0 bridgehead atoms. The van der Waals surface area contributed by atoms with Gasteiger partial charge in [-0.05, 0) is 6.92 Å². The highest BCUT2D eigenvalue weighted by atomic mass is 19.3. The van der Waals surface area contributed by atoms with E-state index in [-0.39, 0.29) is 0 Å². The monoisotopic (exact) mass is 167 g/mol. The van der Waals surface area contributed by atoms with Gasteiger partial charge in [0.2, 0.25) is 0 Å². The smallest absolute Gasteiger partial charge is 0.316 e. The first-order valence-electron chi connectivity index (χ1n) is 3.07. The topological polar surface area (TPSA) is 63.3 Å². The highest BCUT2D eigenvalue weighted by molar-refractivity contribution is 5.75. The van der Waals surface area contributed by atoms with Crippen LogP contribution in [0.1, 0.15) is 13.8 Å². The van der Waals surface area contributed by atoms with Crippen molar-refractivity contribution in [2.75, 3.05) is 6.54 Å². The standard InChI is InChI=1S/C6H11F2NO2/c1-5(3-9,4(10)11)6(2,7)8/h3,9H2,1-2H3,(H,10,11). The predicted molar refractivity (Wildman–Crippen MR) is 35.4 cm³/mol. The number of carbonyl (C=O) groups is 1. The average Bonchev–Trinajstić information content (AvgIpc) is 1.83. The molecule has 0 aromatic carbocycles. The Hall–Kier alpha value is -0.710. The van der Waals surface area contributed by atoms with Crippen molar-refractivity contribution in [2.24, 2.45) is 11.1 Å². The Labute approximate surface area is 63.2 Å². The van der Waals surface area contributed by atoms with Crippen LogP contribution in [0.25, 0.3) is 0 Å². The first kappa shape index (κ1) is 10.3. The predicted octanol–water partition coefficient (Wildman–Crippen LogP) is 0.691. The summed E-state index contributed by atoms with van der Waals surface area (Å²) in [6.45, 7) is 0.898. The number of rotatable bonds is 3. The van der Waals surface area contributed by atoms with Crippen LogP contribution in [0.4, 0.5) is 8.78 Å². The van der Waals surface area contributed by atoms with Gasteiger partial charge >= 0.3 is 5.97 Å². The third kappa shape index (κ3) is 1.65. The number of hydrogen-bond acceptors (Lipinski definition) is 2. The fourth-order valence-corrected chi connectivity index (χ4v) is 0.454. The lowest BCUT2D eigenvalue weighted by molar-refractivity contribution is -0.170. The van der Waals surface area contributed by atoms with Crippen molar-refractivity contribution < 1.29 is 18.7 Å². The first-order chi connectivity index (χ1) is 4.75. The number of aliphatic carboxylic acids is 1. The summed E-state index contributed by atoms with van der Waals surface area (Å²) in [5, 5.41) is 8.41. The van der Waals surface area contributed by atoms with Crippen molar-refractivity contribution in [1.29, 1.82) is 0 Å². The van der Waals surface area contributed by atoms with Crippen molar-refractivity contribution in [1.82, 2.24) is 0 Å². The molecule has 1 atom stereocenters. The molecule has 3 N–H and O–H groups in total. The molecule has 11 heavy (non-hydrogen) atoms. The third-order valence-electron chi connectivity index (χ3n) is 1.85. The van der Waals surface area contributed by atoms with E-state index in [9.17, 15) is 13.6 Å². The van der Waals surface area contributed by atoms with E-state index in [0.29, 0.717) is 6.92 Å². The van der Waals surface area contributed by atoms with Gasteiger partial charge in [0, 0.05) is 13.5 Å². The van der Waals surface area contributed by atoms with Crippen molar-refractivity contribution in [2.45, 2.75) is 19.8 Å². The van der Waals surface area contributed by atoms with Gasteiger partial charge in [-0.2, -0.15) is 0 Å². The highest BCUT2D eigenvalue weighted by Crippen LogP contribution is 2.35. The molecule has 1 unspecified atom stereocenters. The number of alkyl halides is 2. The van der Waals surface area contributed by atoms with E-state index in [2.05, 4.69) is 0 Å². The molecule has 0 aromatic heterocycles. The van der Waals surface area contributed by atoms with Gasteiger partial charge in [-0.1, -0.05) is 0 Å². The summed E-state index contributed by atoms with van der Waals surface area (Å²) in [7, 11) is 0. The zero-order valence-electron chi connectivity index (χ0n) is 6.40. The second-order valence-electron chi connectivity index (χ2n) is 2.73. The van der Waals surface area contributed by atoms with Crippen LogP contribution in [0.15, 0.2) is 0 Å². The molecule has 0 aliphatic rings. The Kier molecular flexibility index (Phi) is 2.55. The minimum absolute atomic E-state index is 0.550. The fourth-order valence-electron chi connectivity index (χ4n) is 0.454. The van der Waals surface area contributed by atoms with E-state index in [4.69, 9.17) is 10.8 Å². The average molecular weight is 167 g/mol. The number of carboxylic acids is 1. The van der Waals surface area contributed by atoms with Crippen molar-refractivity contribution >= 4 is 5.97 Å². The van der Waals surface area contributed by atoms with Crippen molar-refractivity contribution in [3.05, 3.63) is 0 Å². The Bertz CT molecular complexity index is 166. The van der Waals surface area contributed by atoms with Crippen LogP contribution in [-0.4, -0.2) is 23.5 Å². The Morgan fingerprint density at radius 1 is 1.55 bits per heavy atom. The van der Waals surface area contributed by atoms with Gasteiger partial charge < -0.3 is 10.8 Å². The molecule has 0 fully saturated rings. The molecule has 66 valence electrons. The van der Waals surface area contributed by atoms with E-state index in [1.165, 1.54) is 0 Å². The number of hydrogen-bond donors (Lipinski definition) is 2. The molecule has 5 heteroatoms. The fraction of sp³-hybridized carbons (Fsp3) is 0.833. The van der Waals surface area contributed by atoms with Crippen LogP contribution in [-0.2, 0) is 4.79 Å². The molecule has 0 aliphatic carbocycles. The SMILES string of the molecule is CC(F)(F)C(C)(CN)C(=O)O. The highest BCUT2D eigenvalue weighted by Gasteiger charge is 2.51. The summed E-state index contributed by atoms with van der Waals surface area (Å²) in [5.74, 6) is -4.87. The Morgan fingerprint density at radius 3 is 1.91 bits per heavy atom. The lowest BCUT2D eigenvalue weighted by Crippen LogP contribution is -2.48. The second-order valence-corrected chi connectivity index (χ2v) is 2.73. The number of nitrogens with two attached hydrogens (primary N) is 1. The normalized spacial score (nSPS) is 17.5. The summed E-state index contributed by atoms with van der Waals surface area (Å²) in [6, 6.07) is 0. The molecule has 0 amide bonds. The van der Waals surface area contributed by atoms with E-state index in [1.54, 1.807) is 0 Å². The van der Waals surface area contributed by atoms with Crippen LogP contribution in [0.2, 0.25) is 0 Å². The van der Waals surface area contributed by atoms with E-state index >= 15 is 0 Å². The van der Waals surface area contributed by atoms with Crippen molar-refractivity contribution in [3.8, 4) is 0 Å². The molecule has 0 aliphatic heterocycles. The van der Waals surface area contributed by atoms with Crippen LogP contribution in [0, 0.1) is 5.41 Å². The maximum atomic E-state index is 12.6. The van der Waals surface area contributed by atoms with Gasteiger partial charge in [0.25, 0.3) is 5.92 Å². The molecular weight excluding hydrogens is 156 g/mol. The van der Waals surface area contributed by atoms with Gasteiger partial charge in [0.05, 0.1) is 0 Å². The maximum Gasteiger partial charge on any atom is 0.316 e. The van der Waals surface area contributed by atoms with Gasteiger partial charge in [0.1, 0.15) is 5.41 Å².